The van der Waals surface area contributed by atoms with Crippen LogP contribution in [0.1, 0.15) is 47.1 Å². The van der Waals surface area contributed by atoms with Crippen molar-refractivity contribution in [2.75, 3.05) is 20.8 Å². The van der Waals surface area contributed by atoms with Gasteiger partial charge in [-0.15, -0.1) is 0 Å². The van der Waals surface area contributed by atoms with Crippen molar-refractivity contribution in [3.05, 3.63) is 107 Å². The predicted octanol–water partition coefficient (Wildman–Crippen LogP) is 4.82. The number of carbonyl (C=O) groups is 2. The Hall–Kier alpha value is -4.41. The molecule has 2 aromatic heterocycles. The number of esters is 2. The van der Waals surface area contributed by atoms with Crippen molar-refractivity contribution >= 4 is 41.0 Å². The molecule has 0 amide bonds. The second kappa shape index (κ2) is 11.8. The van der Waals surface area contributed by atoms with E-state index in [4.69, 9.17) is 30.2 Å². The second-order valence-corrected chi connectivity index (χ2v) is 10.9. The first-order chi connectivity index (χ1) is 20.2. The van der Waals surface area contributed by atoms with Crippen LogP contribution in [0, 0.1) is 6.92 Å². The quantitative estimate of drug-likeness (QED) is 0.278. The van der Waals surface area contributed by atoms with Crippen molar-refractivity contribution in [2.24, 2.45) is 4.99 Å². The van der Waals surface area contributed by atoms with E-state index in [0.29, 0.717) is 48.5 Å². The van der Waals surface area contributed by atoms with Crippen molar-refractivity contribution in [3.63, 3.8) is 0 Å². The van der Waals surface area contributed by atoms with Gasteiger partial charge < -0.3 is 18.6 Å². The van der Waals surface area contributed by atoms with Crippen LogP contribution in [0.2, 0.25) is 5.02 Å². The number of carbonyl (C=O) groups excluding carboxylic acids is 2. The zero-order valence-corrected chi connectivity index (χ0v) is 25.1. The summed E-state index contributed by atoms with van der Waals surface area (Å²) in [6.45, 7) is 5.45. The summed E-state index contributed by atoms with van der Waals surface area (Å²) in [5.74, 6) is 0.481. The normalized spacial score (nSPS) is 14.8. The number of furan rings is 1. The molecule has 1 aliphatic rings. The van der Waals surface area contributed by atoms with Gasteiger partial charge in [-0.2, -0.15) is 0 Å². The van der Waals surface area contributed by atoms with E-state index in [1.165, 1.54) is 30.1 Å². The Labute approximate surface area is 249 Å². The number of halogens is 1. The van der Waals surface area contributed by atoms with Gasteiger partial charge in [0, 0.05) is 22.2 Å². The van der Waals surface area contributed by atoms with Gasteiger partial charge in [-0.1, -0.05) is 29.0 Å². The third-order valence-corrected chi connectivity index (χ3v) is 8.03. The summed E-state index contributed by atoms with van der Waals surface area (Å²) in [4.78, 5) is 44.0. The number of aromatic nitrogens is 1. The Bertz CT molecular complexity index is 1930. The predicted molar refractivity (Wildman–Crippen MR) is 159 cm³/mol. The lowest BCUT2D eigenvalue weighted by molar-refractivity contribution is -0.139. The van der Waals surface area contributed by atoms with Gasteiger partial charge in [0.15, 0.2) is 4.80 Å². The Morgan fingerprint density at radius 3 is 2.57 bits per heavy atom. The summed E-state index contributed by atoms with van der Waals surface area (Å²) in [5, 5.41) is 0.420. The number of methoxy groups -OCH3 is 2. The molecule has 0 aliphatic carbocycles. The molecule has 1 atom stereocenters. The zero-order valence-electron chi connectivity index (χ0n) is 23.5. The van der Waals surface area contributed by atoms with E-state index in [1.807, 2.05) is 6.92 Å². The molecule has 0 saturated heterocycles. The van der Waals surface area contributed by atoms with Crippen molar-refractivity contribution in [1.82, 2.24) is 4.57 Å². The fraction of sp³-hybridized carbons (Fsp3) is 0.226. The Kier molecular flexibility index (Phi) is 8.20. The monoisotopic (exact) mass is 606 g/mol. The Balaban J connectivity index is 1.63. The first kappa shape index (κ1) is 29.1. The van der Waals surface area contributed by atoms with Crippen molar-refractivity contribution in [1.29, 1.82) is 0 Å². The lowest BCUT2D eigenvalue weighted by atomic mass is 9.95. The summed E-state index contributed by atoms with van der Waals surface area (Å²) in [6, 6.07) is 12.9. The molecule has 1 aliphatic heterocycles. The highest BCUT2D eigenvalue weighted by molar-refractivity contribution is 7.07. The van der Waals surface area contributed by atoms with Crippen LogP contribution >= 0.6 is 22.9 Å². The van der Waals surface area contributed by atoms with Crippen LogP contribution < -0.4 is 19.6 Å². The molecule has 0 bridgehead atoms. The number of nitrogens with zero attached hydrogens (tertiary/aromatic N) is 2. The number of ether oxygens (including phenoxy) is 3. The molecular formula is C31H27ClN2O7S. The molecule has 11 heteroatoms. The molecule has 0 saturated carbocycles. The van der Waals surface area contributed by atoms with Crippen molar-refractivity contribution in [3.8, 4) is 17.1 Å². The first-order valence-corrected chi connectivity index (χ1v) is 14.2. The molecule has 4 aromatic rings. The molecule has 0 N–H and O–H groups in total. The molecule has 2 aromatic carbocycles. The molecule has 9 nitrogen and oxygen atoms in total. The van der Waals surface area contributed by atoms with Gasteiger partial charge in [0.25, 0.3) is 5.56 Å². The van der Waals surface area contributed by atoms with Crippen molar-refractivity contribution in [2.45, 2.75) is 26.8 Å². The molecule has 3 heterocycles. The smallest absolute Gasteiger partial charge is 0.338 e. The number of thiazole rings is 1. The number of rotatable bonds is 7. The Morgan fingerprint density at radius 2 is 1.88 bits per heavy atom. The highest BCUT2D eigenvalue weighted by atomic mass is 35.5. The third-order valence-electron chi connectivity index (χ3n) is 6.82. The van der Waals surface area contributed by atoms with Gasteiger partial charge in [-0.05, 0) is 68.8 Å². The second-order valence-electron chi connectivity index (χ2n) is 9.41. The number of hydrogen-bond acceptors (Lipinski definition) is 9. The van der Waals surface area contributed by atoms with Gasteiger partial charge in [0.05, 0.1) is 42.2 Å². The molecule has 216 valence electrons. The summed E-state index contributed by atoms with van der Waals surface area (Å²) < 4.78 is 23.6. The van der Waals surface area contributed by atoms with Crippen LogP contribution in [0.4, 0.5) is 0 Å². The lowest BCUT2D eigenvalue weighted by Gasteiger charge is -2.26. The summed E-state index contributed by atoms with van der Waals surface area (Å²) >= 11 is 7.53. The zero-order chi connectivity index (χ0) is 30.1. The van der Waals surface area contributed by atoms with Gasteiger partial charge in [0.1, 0.15) is 23.3 Å². The maximum absolute atomic E-state index is 13.9. The minimum atomic E-state index is -0.876. The highest BCUT2D eigenvalue weighted by Gasteiger charge is 2.35. The van der Waals surface area contributed by atoms with E-state index in [1.54, 1.807) is 68.5 Å². The number of allylic oxidation sites excluding steroid dienone is 1. The fourth-order valence-corrected chi connectivity index (χ4v) is 6.10. The fourth-order valence-electron chi connectivity index (χ4n) is 4.89. The Morgan fingerprint density at radius 1 is 1.10 bits per heavy atom. The summed E-state index contributed by atoms with van der Waals surface area (Å²) in [6.07, 6.45) is 1.64. The van der Waals surface area contributed by atoms with Crippen molar-refractivity contribution < 1.29 is 28.2 Å². The first-order valence-electron chi connectivity index (χ1n) is 13.0. The van der Waals surface area contributed by atoms with E-state index in [9.17, 15) is 14.4 Å². The molecule has 42 heavy (non-hydrogen) atoms. The summed E-state index contributed by atoms with van der Waals surface area (Å²) in [5.41, 5.74) is 2.89. The number of aryl methyl sites for hydroxylation is 1. The van der Waals surface area contributed by atoms with Crippen LogP contribution in [0.15, 0.2) is 74.0 Å². The minimum absolute atomic E-state index is 0.158. The SMILES string of the molecule is CCOC(=O)C1=C(C)N=c2s/c(=C\c3ccc(-c4ccc(C(=O)OC)cc4C)o3)c(=O)n2[C@H]1c1cc(Cl)ccc1OC. The largest absolute Gasteiger partial charge is 0.496 e. The molecule has 0 radical (unpaired) electrons. The van der Waals surface area contributed by atoms with Gasteiger partial charge in [0.2, 0.25) is 0 Å². The number of hydrogen-bond donors (Lipinski definition) is 0. The number of fused-ring (bicyclic) bond motifs is 1. The highest BCUT2D eigenvalue weighted by Crippen LogP contribution is 2.37. The molecule has 0 fully saturated rings. The van der Waals surface area contributed by atoms with E-state index >= 15 is 0 Å². The maximum Gasteiger partial charge on any atom is 0.338 e. The van der Waals surface area contributed by atoms with Gasteiger partial charge >= 0.3 is 11.9 Å². The lowest BCUT2D eigenvalue weighted by Crippen LogP contribution is -2.40. The van der Waals surface area contributed by atoms with Crippen LogP contribution in [-0.4, -0.2) is 37.3 Å². The number of benzene rings is 2. The van der Waals surface area contributed by atoms with Crippen LogP contribution in [0.5, 0.6) is 5.75 Å². The third kappa shape index (κ3) is 5.31. The maximum atomic E-state index is 13.9. The van der Waals surface area contributed by atoms with Crippen LogP contribution in [0.3, 0.4) is 0 Å². The summed E-state index contributed by atoms with van der Waals surface area (Å²) in [7, 11) is 2.84. The average Bonchev–Trinajstić information content (AvgIpc) is 3.55. The molecule has 0 spiro atoms. The van der Waals surface area contributed by atoms with Gasteiger partial charge in [-0.25, -0.2) is 14.6 Å². The van der Waals surface area contributed by atoms with Crippen LogP contribution in [-0.2, 0) is 14.3 Å². The molecule has 5 rings (SSSR count). The van der Waals surface area contributed by atoms with Crippen LogP contribution in [0.25, 0.3) is 17.4 Å². The van der Waals surface area contributed by atoms with E-state index in [2.05, 4.69) is 4.99 Å². The molecular weight excluding hydrogens is 580 g/mol. The van der Waals surface area contributed by atoms with Gasteiger partial charge in [-0.3, -0.25) is 9.36 Å². The minimum Gasteiger partial charge on any atom is -0.496 e. The van der Waals surface area contributed by atoms with E-state index in [0.717, 1.165) is 11.1 Å². The standard InChI is InChI=1S/C31H27ClN2O7S/c1-6-40-30(37)26-17(3)33-31-34(27(26)22-14-19(32)8-11-23(22)38-4)28(35)25(42-31)15-20-9-12-24(41-20)21-10-7-18(13-16(21)2)29(36)39-5/h7-15,27H,6H2,1-5H3/b25-15-/t27-/m0/s1. The average molecular weight is 607 g/mol. The van der Waals surface area contributed by atoms with E-state index < -0.39 is 18.0 Å². The molecule has 0 unspecified atom stereocenters. The topological polar surface area (TPSA) is 109 Å². The van der Waals surface area contributed by atoms with E-state index in [-0.39, 0.29) is 17.7 Å².